The van der Waals surface area contributed by atoms with Crippen LogP contribution < -0.4 is 5.32 Å². The number of ether oxygens (including phenoxy) is 1. The zero-order chi connectivity index (χ0) is 16.8. The molecule has 2 aromatic carbocycles. The molecular formula is C17H15ClFNO3. The number of benzene rings is 2. The Balaban J connectivity index is 2.23. The summed E-state index contributed by atoms with van der Waals surface area (Å²) in [6, 6.07) is 10.5. The van der Waals surface area contributed by atoms with Crippen LogP contribution in [0.5, 0.6) is 0 Å². The second-order valence-electron chi connectivity index (χ2n) is 4.77. The molecule has 0 bridgehead atoms. The van der Waals surface area contributed by atoms with E-state index >= 15 is 0 Å². The van der Waals surface area contributed by atoms with Crippen molar-refractivity contribution in [3.05, 3.63) is 64.4 Å². The van der Waals surface area contributed by atoms with Crippen LogP contribution in [-0.4, -0.2) is 24.9 Å². The average Bonchev–Trinajstić information content (AvgIpc) is 2.52. The number of anilines is 1. The summed E-state index contributed by atoms with van der Waals surface area (Å²) in [6.07, 6.45) is 0. The molecule has 0 aliphatic heterocycles. The van der Waals surface area contributed by atoms with E-state index in [-0.39, 0.29) is 23.7 Å². The summed E-state index contributed by atoms with van der Waals surface area (Å²) in [5.41, 5.74) is 0.720. The fourth-order valence-corrected chi connectivity index (χ4v) is 2.20. The summed E-state index contributed by atoms with van der Waals surface area (Å²) in [4.78, 5) is 23.3. The molecule has 0 atom stereocenters. The van der Waals surface area contributed by atoms with Gasteiger partial charge in [0.1, 0.15) is 12.4 Å². The van der Waals surface area contributed by atoms with Gasteiger partial charge in [0.2, 0.25) is 0 Å². The molecule has 2 rings (SSSR count). The van der Waals surface area contributed by atoms with E-state index in [9.17, 15) is 14.0 Å². The van der Waals surface area contributed by atoms with Crippen molar-refractivity contribution in [2.45, 2.75) is 6.92 Å². The van der Waals surface area contributed by atoms with Crippen molar-refractivity contribution < 1.29 is 18.7 Å². The smallest absolute Gasteiger partial charge is 0.302 e. The second kappa shape index (κ2) is 7.74. The molecule has 0 amide bonds. The molecule has 6 heteroatoms. The first-order valence-electron chi connectivity index (χ1n) is 6.95. The maximum atomic E-state index is 13.8. The summed E-state index contributed by atoms with van der Waals surface area (Å²) in [7, 11) is 0. The van der Waals surface area contributed by atoms with Crippen LogP contribution in [0.1, 0.15) is 22.8 Å². The van der Waals surface area contributed by atoms with Gasteiger partial charge in [-0.2, -0.15) is 0 Å². The molecule has 0 saturated carbocycles. The number of halogens is 2. The van der Waals surface area contributed by atoms with Gasteiger partial charge in [-0.3, -0.25) is 9.59 Å². The number of nitrogens with one attached hydrogen (secondary N) is 1. The fourth-order valence-electron chi connectivity index (χ4n) is 2.03. The van der Waals surface area contributed by atoms with Gasteiger partial charge in [-0.25, -0.2) is 4.39 Å². The molecule has 0 saturated heterocycles. The highest BCUT2D eigenvalue weighted by atomic mass is 35.5. The number of hydrogen-bond donors (Lipinski definition) is 1. The van der Waals surface area contributed by atoms with Crippen LogP contribution in [0.2, 0.25) is 5.02 Å². The highest BCUT2D eigenvalue weighted by molar-refractivity contribution is 6.31. The van der Waals surface area contributed by atoms with Gasteiger partial charge in [-0.1, -0.05) is 23.7 Å². The van der Waals surface area contributed by atoms with Crippen molar-refractivity contribution >= 4 is 29.0 Å². The van der Waals surface area contributed by atoms with Gasteiger partial charge in [-0.15, -0.1) is 0 Å². The largest absolute Gasteiger partial charge is 0.464 e. The van der Waals surface area contributed by atoms with Gasteiger partial charge in [0.15, 0.2) is 5.78 Å². The van der Waals surface area contributed by atoms with Gasteiger partial charge in [-0.05, 0) is 30.3 Å². The van der Waals surface area contributed by atoms with E-state index < -0.39 is 11.6 Å². The van der Waals surface area contributed by atoms with E-state index in [1.807, 2.05) is 0 Å². The number of carbonyl (C=O) groups excluding carboxylic acids is 2. The van der Waals surface area contributed by atoms with Crippen molar-refractivity contribution in [1.29, 1.82) is 0 Å². The third-order valence-electron chi connectivity index (χ3n) is 3.07. The number of hydrogen-bond acceptors (Lipinski definition) is 4. The summed E-state index contributed by atoms with van der Waals surface area (Å²) in [6.45, 7) is 1.79. The maximum absolute atomic E-state index is 13.8. The van der Waals surface area contributed by atoms with Crippen molar-refractivity contribution in [2.75, 3.05) is 18.5 Å². The predicted molar refractivity (Wildman–Crippen MR) is 86.4 cm³/mol. The number of esters is 1. The van der Waals surface area contributed by atoms with Gasteiger partial charge >= 0.3 is 5.97 Å². The van der Waals surface area contributed by atoms with E-state index in [2.05, 4.69) is 5.32 Å². The summed E-state index contributed by atoms with van der Waals surface area (Å²) < 4.78 is 18.6. The molecule has 0 aromatic heterocycles. The average molecular weight is 336 g/mol. The third-order valence-corrected chi connectivity index (χ3v) is 3.30. The molecule has 1 N–H and O–H groups in total. The zero-order valence-corrected chi connectivity index (χ0v) is 13.2. The van der Waals surface area contributed by atoms with Gasteiger partial charge in [0, 0.05) is 29.7 Å². The first-order valence-corrected chi connectivity index (χ1v) is 7.33. The molecule has 120 valence electrons. The lowest BCUT2D eigenvalue weighted by Crippen LogP contribution is -2.14. The van der Waals surface area contributed by atoms with Crippen molar-refractivity contribution in [3.8, 4) is 0 Å². The quantitative estimate of drug-likeness (QED) is 0.497. The third kappa shape index (κ3) is 4.53. The highest BCUT2D eigenvalue weighted by Gasteiger charge is 2.17. The van der Waals surface area contributed by atoms with Crippen LogP contribution in [0, 0.1) is 5.82 Å². The monoisotopic (exact) mass is 335 g/mol. The van der Waals surface area contributed by atoms with Crippen LogP contribution in [0.3, 0.4) is 0 Å². The van der Waals surface area contributed by atoms with Gasteiger partial charge < -0.3 is 10.1 Å². The number of rotatable bonds is 6. The topological polar surface area (TPSA) is 55.4 Å². The Morgan fingerprint density at radius 1 is 1.17 bits per heavy atom. The SMILES string of the molecule is CC(=O)OCCNc1ccc(Cl)cc1C(=O)c1ccccc1F. The number of ketones is 1. The van der Waals surface area contributed by atoms with Crippen LogP contribution in [-0.2, 0) is 9.53 Å². The van der Waals surface area contributed by atoms with E-state index in [1.54, 1.807) is 18.2 Å². The normalized spacial score (nSPS) is 10.2. The molecule has 0 aliphatic rings. The maximum Gasteiger partial charge on any atom is 0.302 e. The van der Waals surface area contributed by atoms with Crippen LogP contribution in [0.4, 0.5) is 10.1 Å². The minimum atomic E-state index is -0.594. The standard InChI is InChI=1S/C17H15ClFNO3/c1-11(21)23-9-8-20-16-7-6-12(18)10-14(16)17(22)13-4-2-3-5-15(13)19/h2-7,10,20H,8-9H2,1H3. The van der Waals surface area contributed by atoms with Crippen LogP contribution in [0.25, 0.3) is 0 Å². The first-order chi connectivity index (χ1) is 11.0. The number of carbonyl (C=O) groups is 2. The van der Waals surface area contributed by atoms with E-state index in [0.29, 0.717) is 17.3 Å². The van der Waals surface area contributed by atoms with Gasteiger partial charge in [0.25, 0.3) is 0 Å². The molecule has 0 unspecified atom stereocenters. The van der Waals surface area contributed by atoms with Gasteiger partial charge in [0.05, 0.1) is 5.56 Å². The molecule has 23 heavy (non-hydrogen) atoms. The predicted octanol–water partition coefficient (Wildman–Crippen LogP) is 3.69. The Labute approximate surface area is 138 Å². The molecule has 0 aliphatic carbocycles. The zero-order valence-electron chi connectivity index (χ0n) is 12.4. The molecule has 4 nitrogen and oxygen atoms in total. The van der Waals surface area contributed by atoms with Crippen molar-refractivity contribution in [1.82, 2.24) is 0 Å². The Hall–Kier alpha value is -2.40. The molecule has 0 radical (unpaired) electrons. The molecule has 0 heterocycles. The lowest BCUT2D eigenvalue weighted by Gasteiger charge is -2.12. The molecule has 2 aromatic rings. The minimum absolute atomic E-state index is 0.0298. The van der Waals surface area contributed by atoms with Crippen molar-refractivity contribution in [3.63, 3.8) is 0 Å². The summed E-state index contributed by atoms with van der Waals surface area (Å²) in [5.74, 6) is -1.45. The fraction of sp³-hybridized carbons (Fsp3) is 0.176. The summed E-state index contributed by atoms with van der Waals surface area (Å²) in [5, 5.41) is 3.36. The van der Waals surface area contributed by atoms with Crippen LogP contribution >= 0.6 is 11.6 Å². The minimum Gasteiger partial charge on any atom is -0.464 e. The lowest BCUT2D eigenvalue weighted by atomic mass is 10.0. The molecule has 0 fully saturated rings. The van der Waals surface area contributed by atoms with Crippen molar-refractivity contribution in [2.24, 2.45) is 0 Å². The first kappa shape index (κ1) is 17.0. The van der Waals surface area contributed by atoms with E-state index in [0.717, 1.165) is 0 Å². The lowest BCUT2D eigenvalue weighted by molar-refractivity contribution is -0.140. The Morgan fingerprint density at radius 3 is 2.61 bits per heavy atom. The van der Waals surface area contributed by atoms with E-state index in [1.165, 1.54) is 31.2 Å². The molecular weight excluding hydrogens is 321 g/mol. The second-order valence-corrected chi connectivity index (χ2v) is 5.20. The Morgan fingerprint density at radius 2 is 1.91 bits per heavy atom. The van der Waals surface area contributed by atoms with E-state index in [4.69, 9.17) is 16.3 Å². The molecule has 0 spiro atoms. The highest BCUT2D eigenvalue weighted by Crippen LogP contribution is 2.24. The Bertz CT molecular complexity index is 734. The summed E-state index contributed by atoms with van der Waals surface area (Å²) >= 11 is 5.95. The van der Waals surface area contributed by atoms with Crippen LogP contribution in [0.15, 0.2) is 42.5 Å². The Kier molecular flexibility index (Phi) is 5.71.